The maximum Gasteiger partial charge on any atom is 0.227 e. The van der Waals surface area contributed by atoms with E-state index in [9.17, 15) is 9.90 Å². The van der Waals surface area contributed by atoms with Gasteiger partial charge in [0.25, 0.3) is 0 Å². The van der Waals surface area contributed by atoms with Crippen molar-refractivity contribution in [3.8, 4) is 0 Å². The van der Waals surface area contributed by atoms with Gasteiger partial charge >= 0.3 is 0 Å². The predicted octanol–water partition coefficient (Wildman–Crippen LogP) is 1.72. The number of hydrogen-bond donors (Lipinski definition) is 2. The Morgan fingerprint density at radius 1 is 1.35 bits per heavy atom. The number of amides is 1. The van der Waals surface area contributed by atoms with Crippen LogP contribution in [0.5, 0.6) is 0 Å². The number of aliphatic hydroxyl groups excluding tert-OH is 1. The van der Waals surface area contributed by atoms with Gasteiger partial charge in [-0.05, 0) is 26.7 Å². The smallest absolute Gasteiger partial charge is 0.227 e. The van der Waals surface area contributed by atoms with Gasteiger partial charge in [-0.1, -0.05) is 19.3 Å². The number of carbonyl (C=O) groups is 1. The Bertz CT molecular complexity index is 430. The molecule has 112 valence electrons. The third-order valence-electron chi connectivity index (χ3n) is 4.29. The molecule has 1 aromatic rings. The molecular weight excluding hydrogens is 254 g/mol. The third kappa shape index (κ3) is 3.39. The summed E-state index contributed by atoms with van der Waals surface area (Å²) in [7, 11) is 0. The monoisotopic (exact) mass is 279 g/mol. The van der Waals surface area contributed by atoms with Gasteiger partial charge in [0, 0.05) is 23.8 Å². The first-order valence-electron chi connectivity index (χ1n) is 7.54. The van der Waals surface area contributed by atoms with Crippen molar-refractivity contribution in [3.63, 3.8) is 0 Å². The van der Waals surface area contributed by atoms with Crippen LogP contribution in [0.1, 0.15) is 49.1 Å². The highest BCUT2D eigenvalue weighted by Gasteiger charge is 2.26. The van der Waals surface area contributed by atoms with Crippen molar-refractivity contribution >= 4 is 5.91 Å². The van der Waals surface area contributed by atoms with Crippen LogP contribution < -0.4 is 0 Å². The van der Waals surface area contributed by atoms with Crippen molar-refractivity contribution in [2.75, 3.05) is 13.2 Å². The van der Waals surface area contributed by atoms with Gasteiger partial charge in [0.2, 0.25) is 5.91 Å². The molecule has 2 N–H and O–H groups in total. The molecule has 0 radical (unpaired) electrons. The molecule has 1 heterocycles. The minimum absolute atomic E-state index is 0.0333. The van der Waals surface area contributed by atoms with Gasteiger partial charge in [0.15, 0.2) is 0 Å². The number of rotatable bonds is 5. The Hall–Kier alpha value is -1.36. The van der Waals surface area contributed by atoms with Crippen LogP contribution in [0.25, 0.3) is 0 Å². The highest BCUT2D eigenvalue weighted by molar-refractivity contribution is 5.79. The van der Waals surface area contributed by atoms with Crippen LogP contribution in [0.4, 0.5) is 0 Å². The molecule has 0 aliphatic heterocycles. The van der Waals surface area contributed by atoms with E-state index < -0.39 is 0 Å². The number of nitrogens with one attached hydrogen (secondary N) is 1. The minimum atomic E-state index is 0.0333. The van der Waals surface area contributed by atoms with Gasteiger partial charge in [-0.3, -0.25) is 9.89 Å². The van der Waals surface area contributed by atoms with Crippen molar-refractivity contribution < 1.29 is 9.90 Å². The second-order valence-corrected chi connectivity index (χ2v) is 5.69. The molecule has 0 atom stereocenters. The molecule has 0 unspecified atom stereocenters. The lowest BCUT2D eigenvalue weighted by atomic mass is 9.93. The van der Waals surface area contributed by atoms with Gasteiger partial charge in [-0.15, -0.1) is 0 Å². The highest BCUT2D eigenvalue weighted by atomic mass is 16.3. The number of nitrogens with zero attached hydrogens (tertiary/aromatic N) is 2. The standard InChI is InChI=1S/C15H25N3O2/c1-11-14(12(2)17-16-11)10-15(20)18(8-9-19)13-6-4-3-5-7-13/h13,19H,3-10H2,1-2H3,(H,16,17). The van der Waals surface area contributed by atoms with Crippen LogP contribution in [0.15, 0.2) is 0 Å². The molecule has 0 saturated heterocycles. The van der Waals surface area contributed by atoms with Crippen LogP contribution in [0.2, 0.25) is 0 Å². The van der Waals surface area contributed by atoms with E-state index in [4.69, 9.17) is 0 Å². The number of aliphatic hydroxyl groups is 1. The fourth-order valence-electron chi connectivity index (χ4n) is 3.10. The second kappa shape index (κ2) is 6.88. The van der Waals surface area contributed by atoms with Gasteiger partial charge in [-0.25, -0.2) is 0 Å². The second-order valence-electron chi connectivity index (χ2n) is 5.69. The largest absolute Gasteiger partial charge is 0.395 e. The van der Waals surface area contributed by atoms with Gasteiger partial charge in [-0.2, -0.15) is 5.10 Å². The zero-order valence-corrected chi connectivity index (χ0v) is 12.5. The topological polar surface area (TPSA) is 69.2 Å². The number of aryl methyl sites for hydroxylation is 2. The number of aromatic amines is 1. The predicted molar refractivity (Wildman–Crippen MR) is 77.4 cm³/mol. The maximum absolute atomic E-state index is 12.6. The summed E-state index contributed by atoms with van der Waals surface area (Å²) in [5, 5.41) is 16.3. The van der Waals surface area contributed by atoms with Gasteiger partial charge in [0.1, 0.15) is 0 Å². The number of aromatic nitrogens is 2. The summed E-state index contributed by atoms with van der Waals surface area (Å²) in [5.74, 6) is 0.110. The lowest BCUT2D eigenvalue weighted by molar-refractivity contribution is -0.134. The Morgan fingerprint density at radius 2 is 2.05 bits per heavy atom. The SMILES string of the molecule is Cc1n[nH]c(C)c1CC(=O)N(CCO)C1CCCCC1. The minimum Gasteiger partial charge on any atom is -0.395 e. The average Bonchev–Trinajstić information content (AvgIpc) is 2.77. The molecule has 5 heteroatoms. The van der Waals surface area contributed by atoms with Gasteiger partial charge < -0.3 is 10.0 Å². The zero-order valence-electron chi connectivity index (χ0n) is 12.5. The summed E-state index contributed by atoms with van der Waals surface area (Å²) >= 11 is 0. The van der Waals surface area contributed by atoms with Crippen LogP contribution in [-0.4, -0.2) is 45.3 Å². The van der Waals surface area contributed by atoms with Crippen molar-refractivity contribution in [3.05, 3.63) is 17.0 Å². The molecule has 0 bridgehead atoms. The van der Waals surface area contributed by atoms with Crippen LogP contribution in [-0.2, 0) is 11.2 Å². The fraction of sp³-hybridized carbons (Fsp3) is 0.733. The third-order valence-corrected chi connectivity index (χ3v) is 4.29. The molecule has 20 heavy (non-hydrogen) atoms. The molecule has 2 rings (SSSR count). The molecule has 0 spiro atoms. The van der Waals surface area contributed by atoms with Crippen molar-refractivity contribution in [1.82, 2.24) is 15.1 Å². The summed E-state index contributed by atoms with van der Waals surface area (Å²) in [5.41, 5.74) is 2.85. The number of carbonyl (C=O) groups excluding carboxylic acids is 1. The summed E-state index contributed by atoms with van der Waals surface area (Å²) in [6.45, 7) is 4.34. The normalized spacial score (nSPS) is 16.4. The quantitative estimate of drug-likeness (QED) is 0.862. The molecule has 1 aromatic heterocycles. The Labute approximate surface area is 120 Å². The average molecular weight is 279 g/mol. The zero-order chi connectivity index (χ0) is 14.5. The lowest BCUT2D eigenvalue weighted by Gasteiger charge is -2.34. The molecular formula is C15H25N3O2. The lowest BCUT2D eigenvalue weighted by Crippen LogP contribution is -2.44. The summed E-state index contributed by atoms with van der Waals surface area (Å²) in [4.78, 5) is 14.5. The van der Waals surface area contributed by atoms with Gasteiger partial charge in [0.05, 0.1) is 18.7 Å². The summed E-state index contributed by atoms with van der Waals surface area (Å²) < 4.78 is 0. The molecule has 5 nitrogen and oxygen atoms in total. The summed E-state index contributed by atoms with van der Waals surface area (Å²) in [6, 6.07) is 0.302. The number of hydrogen-bond acceptors (Lipinski definition) is 3. The molecule has 1 amide bonds. The maximum atomic E-state index is 12.6. The van der Waals surface area contributed by atoms with Crippen LogP contribution in [0.3, 0.4) is 0 Å². The fourth-order valence-corrected chi connectivity index (χ4v) is 3.10. The van der Waals surface area contributed by atoms with Crippen molar-refractivity contribution in [1.29, 1.82) is 0 Å². The van der Waals surface area contributed by atoms with E-state index in [1.54, 1.807) is 0 Å². The first-order chi connectivity index (χ1) is 9.63. The van der Waals surface area contributed by atoms with Crippen LogP contribution in [0, 0.1) is 13.8 Å². The van der Waals surface area contributed by atoms with E-state index in [0.717, 1.165) is 29.8 Å². The number of H-pyrrole nitrogens is 1. The Balaban J connectivity index is 2.06. The van der Waals surface area contributed by atoms with E-state index >= 15 is 0 Å². The van der Waals surface area contributed by atoms with E-state index in [1.165, 1.54) is 19.3 Å². The molecule has 1 fully saturated rings. The van der Waals surface area contributed by atoms with E-state index in [2.05, 4.69) is 10.2 Å². The van der Waals surface area contributed by atoms with E-state index in [0.29, 0.717) is 19.0 Å². The highest BCUT2D eigenvalue weighted by Crippen LogP contribution is 2.23. The first-order valence-corrected chi connectivity index (χ1v) is 7.54. The molecule has 1 aliphatic rings. The molecule has 1 aliphatic carbocycles. The van der Waals surface area contributed by atoms with Crippen molar-refractivity contribution in [2.24, 2.45) is 0 Å². The van der Waals surface area contributed by atoms with Crippen LogP contribution >= 0.6 is 0 Å². The van der Waals surface area contributed by atoms with Crippen molar-refractivity contribution in [2.45, 2.75) is 58.4 Å². The first kappa shape index (κ1) is 15.0. The summed E-state index contributed by atoms with van der Waals surface area (Å²) in [6.07, 6.45) is 6.14. The Morgan fingerprint density at radius 3 is 2.60 bits per heavy atom. The Kier molecular flexibility index (Phi) is 5.17. The molecule has 1 saturated carbocycles. The van der Waals surface area contributed by atoms with E-state index in [1.807, 2.05) is 18.7 Å². The molecule has 0 aromatic carbocycles. The van der Waals surface area contributed by atoms with E-state index in [-0.39, 0.29) is 12.5 Å².